The fourth-order valence-corrected chi connectivity index (χ4v) is 3.44. The SMILES string of the molecule is Cc1ccc(-c2cn3c(C)c(C(=O)OC(C)C)sc3n2)cc1C. The van der Waals surface area contributed by atoms with Gasteiger partial charge >= 0.3 is 5.97 Å². The number of carbonyl (C=O) groups is 1. The van der Waals surface area contributed by atoms with E-state index in [0.717, 1.165) is 21.9 Å². The molecule has 0 aliphatic heterocycles. The zero-order valence-corrected chi connectivity index (χ0v) is 14.8. The molecule has 0 bridgehead atoms. The van der Waals surface area contributed by atoms with Crippen LogP contribution in [0.15, 0.2) is 24.4 Å². The van der Waals surface area contributed by atoms with Crippen molar-refractivity contribution in [2.45, 2.75) is 40.7 Å². The van der Waals surface area contributed by atoms with E-state index in [1.165, 1.54) is 22.5 Å². The first-order valence-electron chi connectivity index (χ1n) is 7.64. The van der Waals surface area contributed by atoms with E-state index in [0.29, 0.717) is 4.88 Å². The number of rotatable bonds is 3. The first-order valence-corrected chi connectivity index (χ1v) is 8.45. The number of hydrogen-bond donors (Lipinski definition) is 0. The van der Waals surface area contributed by atoms with Crippen LogP contribution >= 0.6 is 11.3 Å². The number of thiazole rings is 1. The molecule has 4 nitrogen and oxygen atoms in total. The average molecular weight is 328 g/mol. The van der Waals surface area contributed by atoms with E-state index < -0.39 is 0 Å². The van der Waals surface area contributed by atoms with Gasteiger partial charge in [0.2, 0.25) is 0 Å². The molecule has 0 unspecified atom stereocenters. The van der Waals surface area contributed by atoms with Gasteiger partial charge in [0.15, 0.2) is 4.96 Å². The summed E-state index contributed by atoms with van der Waals surface area (Å²) in [5.74, 6) is -0.277. The smallest absolute Gasteiger partial charge is 0.350 e. The van der Waals surface area contributed by atoms with E-state index in [1.807, 2.05) is 31.4 Å². The molecule has 0 spiro atoms. The summed E-state index contributed by atoms with van der Waals surface area (Å²) in [5, 5.41) is 0. The second kappa shape index (κ2) is 5.81. The third kappa shape index (κ3) is 2.88. The highest BCUT2D eigenvalue weighted by Crippen LogP contribution is 2.28. The van der Waals surface area contributed by atoms with Gasteiger partial charge in [-0.25, -0.2) is 9.78 Å². The third-order valence-electron chi connectivity index (χ3n) is 3.89. The topological polar surface area (TPSA) is 43.6 Å². The summed E-state index contributed by atoms with van der Waals surface area (Å²) in [5.41, 5.74) is 5.40. The Morgan fingerprint density at radius 2 is 1.96 bits per heavy atom. The van der Waals surface area contributed by atoms with Gasteiger partial charge in [0, 0.05) is 17.5 Å². The van der Waals surface area contributed by atoms with Gasteiger partial charge in [-0.1, -0.05) is 23.5 Å². The maximum Gasteiger partial charge on any atom is 0.350 e. The summed E-state index contributed by atoms with van der Waals surface area (Å²) >= 11 is 1.37. The lowest BCUT2D eigenvalue weighted by molar-refractivity contribution is 0.0382. The Morgan fingerprint density at radius 1 is 1.22 bits per heavy atom. The summed E-state index contributed by atoms with van der Waals surface area (Å²) in [6.07, 6.45) is 1.86. The van der Waals surface area contributed by atoms with Crippen LogP contribution < -0.4 is 0 Å². The van der Waals surface area contributed by atoms with Crippen LogP contribution in [0.5, 0.6) is 0 Å². The molecule has 0 aliphatic carbocycles. The number of carbonyl (C=O) groups excluding carboxylic acids is 1. The Bertz CT molecular complexity index is 890. The minimum Gasteiger partial charge on any atom is -0.459 e. The fourth-order valence-electron chi connectivity index (χ4n) is 2.45. The quantitative estimate of drug-likeness (QED) is 0.662. The number of nitrogens with zero attached hydrogens (tertiary/aromatic N) is 2. The number of hydrogen-bond acceptors (Lipinski definition) is 4. The molecule has 23 heavy (non-hydrogen) atoms. The van der Waals surface area contributed by atoms with Gasteiger partial charge in [-0.2, -0.15) is 0 Å². The molecule has 0 radical (unpaired) electrons. The summed E-state index contributed by atoms with van der Waals surface area (Å²) in [6.45, 7) is 9.82. The van der Waals surface area contributed by atoms with Gasteiger partial charge in [-0.3, -0.25) is 4.40 Å². The molecule has 0 N–H and O–H groups in total. The Kier molecular flexibility index (Phi) is 3.98. The van der Waals surface area contributed by atoms with Gasteiger partial charge < -0.3 is 4.74 Å². The van der Waals surface area contributed by atoms with Crippen molar-refractivity contribution in [2.75, 3.05) is 0 Å². The van der Waals surface area contributed by atoms with Crippen molar-refractivity contribution >= 4 is 22.3 Å². The minimum absolute atomic E-state index is 0.123. The Labute approximate surface area is 139 Å². The fraction of sp³-hybridized carbons (Fsp3) is 0.333. The predicted octanol–water partition coefficient (Wildman–Crippen LogP) is 4.55. The second-order valence-corrected chi connectivity index (χ2v) is 7.03. The molecule has 3 aromatic rings. The van der Waals surface area contributed by atoms with Crippen LogP contribution in [0.1, 0.15) is 40.3 Å². The van der Waals surface area contributed by atoms with Gasteiger partial charge in [0.1, 0.15) is 4.88 Å². The second-order valence-electron chi connectivity index (χ2n) is 6.05. The Hall–Kier alpha value is -2.14. The molecule has 0 fully saturated rings. The molecule has 0 atom stereocenters. The lowest BCUT2D eigenvalue weighted by Gasteiger charge is -2.06. The summed E-state index contributed by atoms with van der Waals surface area (Å²) < 4.78 is 7.25. The summed E-state index contributed by atoms with van der Waals surface area (Å²) in [7, 11) is 0. The van der Waals surface area contributed by atoms with E-state index in [4.69, 9.17) is 4.74 Å². The van der Waals surface area contributed by atoms with Crippen LogP contribution in [0.4, 0.5) is 0 Å². The molecule has 0 amide bonds. The third-order valence-corrected chi connectivity index (χ3v) is 5.02. The van der Waals surface area contributed by atoms with Crippen LogP contribution in [-0.4, -0.2) is 21.5 Å². The molecule has 0 saturated heterocycles. The van der Waals surface area contributed by atoms with Crippen LogP contribution in [-0.2, 0) is 4.74 Å². The van der Waals surface area contributed by atoms with E-state index in [2.05, 4.69) is 37.0 Å². The number of ether oxygens (including phenoxy) is 1. The Balaban J connectivity index is 2.01. The number of esters is 1. The zero-order valence-electron chi connectivity index (χ0n) is 14.0. The average Bonchev–Trinajstić information content (AvgIpc) is 3.01. The van der Waals surface area contributed by atoms with Crippen LogP contribution in [0.25, 0.3) is 16.2 Å². The number of aryl methyl sites for hydroxylation is 3. The van der Waals surface area contributed by atoms with E-state index in [9.17, 15) is 4.79 Å². The van der Waals surface area contributed by atoms with Gasteiger partial charge in [-0.15, -0.1) is 0 Å². The standard InChI is InChI=1S/C18H20N2O2S/c1-10(2)22-17(21)16-13(5)20-9-15(19-18(20)23-16)14-7-6-11(3)12(4)8-14/h6-10H,1-5H3. The van der Waals surface area contributed by atoms with E-state index >= 15 is 0 Å². The lowest BCUT2D eigenvalue weighted by atomic mass is 10.1. The highest BCUT2D eigenvalue weighted by Gasteiger charge is 2.20. The van der Waals surface area contributed by atoms with E-state index in [1.54, 1.807) is 0 Å². The first-order chi connectivity index (χ1) is 10.9. The van der Waals surface area contributed by atoms with Crippen molar-refractivity contribution in [1.29, 1.82) is 0 Å². The van der Waals surface area contributed by atoms with Gasteiger partial charge in [-0.05, 0) is 51.8 Å². The van der Waals surface area contributed by atoms with Crippen LogP contribution in [0, 0.1) is 20.8 Å². The normalized spacial score (nSPS) is 11.4. The monoisotopic (exact) mass is 328 g/mol. The number of benzene rings is 1. The number of imidazole rings is 1. The minimum atomic E-state index is -0.277. The molecule has 5 heteroatoms. The molecule has 0 aliphatic rings. The highest BCUT2D eigenvalue weighted by atomic mass is 32.1. The van der Waals surface area contributed by atoms with Crippen molar-refractivity contribution in [3.63, 3.8) is 0 Å². The first kappa shape index (κ1) is 15.7. The van der Waals surface area contributed by atoms with Crippen molar-refractivity contribution < 1.29 is 9.53 Å². The number of aromatic nitrogens is 2. The lowest BCUT2D eigenvalue weighted by Crippen LogP contribution is -2.11. The summed E-state index contributed by atoms with van der Waals surface area (Å²) in [6, 6.07) is 6.33. The molecule has 0 saturated carbocycles. The van der Waals surface area contributed by atoms with Gasteiger partial charge in [0.05, 0.1) is 11.8 Å². The predicted molar refractivity (Wildman–Crippen MR) is 93.3 cm³/mol. The highest BCUT2D eigenvalue weighted by molar-refractivity contribution is 7.19. The van der Waals surface area contributed by atoms with Crippen molar-refractivity contribution in [2.24, 2.45) is 0 Å². The molecular formula is C18H20N2O2S. The van der Waals surface area contributed by atoms with Crippen LogP contribution in [0.2, 0.25) is 0 Å². The summed E-state index contributed by atoms with van der Waals surface area (Å²) in [4.78, 5) is 18.2. The Morgan fingerprint density at radius 3 is 2.57 bits per heavy atom. The maximum absolute atomic E-state index is 12.1. The molecule has 1 aromatic carbocycles. The molecule has 2 aromatic heterocycles. The number of fused-ring (bicyclic) bond motifs is 1. The maximum atomic E-state index is 12.1. The molecule has 2 heterocycles. The van der Waals surface area contributed by atoms with Crippen LogP contribution in [0.3, 0.4) is 0 Å². The zero-order chi connectivity index (χ0) is 16.7. The van der Waals surface area contributed by atoms with Gasteiger partial charge in [0.25, 0.3) is 0 Å². The molecule has 120 valence electrons. The van der Waals surface area contributed by atoms with Crippen molar-refractivity contribution in [3.8, 4) is 11.3 Å². The van der Waals surface area contributed by atoms with E-state index in [-0.39, 0.29) is 12.1 Å². The molecular weight excluding hydrogens is 308 g/mol. The molecule has 3 rings (SSSR count). The van der Waals surface area contributed by atoms with Crippen molar-refractivity contribution in [3.05, 3.63) is 46.1 Å². The largest absolute Gasteiger partial charge is 0.459 e. The van der Waals surface area contributed by atoms with Crippen molar-refractivity contribution in [1.82, 2.24) is 9.38 Å².